The molecule has 2 N–H and O–H groups in total. The Balaban J connectivity index is 2.46. The molecule has 0 unspecified atom stereocenters. The van der Waals surface area contributed by atoms with Gasteiger partial charge >= 0.3 is 6.09 Å². The normalized spacial score (nSPS) is 11.5. The van der Waals surface area contributed by atoms with Gasteiger partial charge in [-0.3, -0.25) is 0 Å². The molecule has 0 spiro atoms. The zero-order chi connectivity index (χ0) is 18.1. The van der Waals surface area contributed by atoms with Gasteiger partial charge in [-0.25, -0.2) is 4.79 Å². The lowest BCUT2D eigenvalue weighted by molar-refractivity contribution is 0.190. The van der Waals surface area contributed by atoms with Gasteiger partial charge in [0.05, 0.1) is 0 Å². The number of benzene rings is 2. The smallest absolute Gasteiger partial charge is 0.404 e. The van der Waals surface area contributed by atoms with Crippen LogP contribution in [0.1, 0.15) is 31.4 Å². The van der Waals surface area contributed by atoms with Crippen molar-refractivity contribution in [1.29, 1.82) is 0 Å². The highest BCUT2D eigenvalue weighted by Crippen LogP contribution is 2.35. The van der Waals surface area contributed by atoms with Crippen LogP contribution in [-0.4, -0.2) is 42.3 Å². The number of carbonyl (C=O) groups is 1. The second kappa shape index (κ2) is 9.23. The Kier molecular flexibility index (Phi) is 7.02. The highest BCUT2D eigenvalue weighted by molar-refractivity contribution is 5.65. The van der Waals surface area contributed by atoms with Gasteiger partial charge in [0.1, 0.15) is 0 Å². The lowest BCUT2D eigenvalue weighted by Gasteiger charge is -2.37. The molecule has 0 aliphatic carbocycles. The first kappa shape index (κ1) is 19.0. The van der Waals surface area contributed by atoms with Crippen LogP contribution in [0.5, 0.6) is 0 Å². The van der Waals surface area contributed by atoms with Crippen LogP contribution in [0.25, 0.3) is 0 Å². The molecule has 1 amide bonds. The van der Waals surface area contributed by atoms with Crippen LogP contribution in [0.2, 0.25) is 0 Å². The Morgan fingerprint density at radius 2 is 1.44 bits per heavy atom. The molecule has 0 saturated carbocycles. The second-order valence-corrected chi connectivity index (χ2v) is 6.25. The van der Waals surface area contributed by atoms with E-state index in [9.17, 15) is 9.90 Å². The summed E-state index contributed by atoms with van der Waals surface area (Å²) in [7, 11) is 0. The topological polar surface area (TPSA) is 52.6 Å². The van der Waals surface area contributed by atoms with Crippen molar-refractivity contribution in [2.45, 2.75) is 25.7 Å². The molecule has 4 nitrogen and oxygen atoms in total. The van der Waals surface area contributed by atoms with Crippen LogP contribution < -0.4 is 5.32 Å². The summed E-state index contributed by atoms with van der Waals surface area (Å²) >= 11 is 0. The molecular weight excluding hydrogens is 312 g/mol. The highest BCUT2D eigenvalue weighted by atomic mass is 16.4. The average molecular weight is 340 g/mol. The summed E-state index contributed by atoms with van der Waals surface area (Å²) < 4.78 is 0. The maximum Gasteiger partial charge on any atom is 0.404 e. The van der Waals surface area contributed by atoms with Crippen molar-refractivity contribution in [3.05, 3.63) is 71.8 Å². The Hall–Kier alpha value is -2.33. The van der Waals surface area contributed by atoms with E-state index in [1.54, 1.807) is 0 Å². The Bertz CT molecular complexity index is 600. The Labute approximate surface area is 150 Å². The summed E-state index contributed by atoms with van der Waals surface area (Å²) in [5.41, 5.74) is 1.90. The first-order chi connectivity index (χ1) is 12.1. The standard InChI is InChI=1S/C21H28N2O2/c1-3-23(4-2)16-15-21(17-22-20(24)25,18-11-7-5-8-12-18)19-13-9-6-10-14-19/h5-14,22H,3-4,15-17H2,1-2H3,(H,24,25). The largest absolute Gasteiger partial charge is 0.465 e. The summed E-state index contributed by atoms with van der Waals surface area (Å²) in [6, 6.07) is 20.4. The fourth-order valence-corrected chi connectivity index (χ4v) is 3.38. The molecule has 0 atom stereocenters. The molecule has 0 heterocycles. The third-order valence-electron chi connectivity index (χ3n) is 4.94. The summed E-state index contributed by atoms with van der Waals surface area (Å²) in [4.78, 5) is 13.6. The van der Waals surface area contributed by atoms with E-state index >= 15 is 0 Å². The first-order valence-corrected chi connectivity index (χ1v) is 8.92. The number of hydrogen-bond donors (Lipinski definition) is 2. The second-order valence-electron chi connectivity index (χ2n) is 6.25. The van der Waals surface area contributed by atoms with Crippen molar-refractivity contribution in [2.24, 2.45) is 0 Å². The van der Waals surface area contributed by atoms with Crippen molar-refractivity contribution in [3.63, 3.8) is 0 Å². The maximum absolute atomic E-state index is 11.2. The highest BCUT2D eigenvalue weighted by Gasteiger charge is 2.34. The van der Waals surface area contributed by atoms with Crippen molar-refractivity contribution < 1.29 is 9.90 Å². The fraction of sp³-hybridized carbons (Fsp3) is 0.381. The molecule has 2 aromatic rings. The molecule has 0 radical (unpaired) electrons. The predicted molar refractivity (Wildman–Crippen MR) is 102 cm³/mol. The molecule has 0 aliphatic rings. The monoisotopic (exact) mass is 340 g/mol. The molecule has 2 rings (SSSR count). The van der Waals surface area contributed by atoms with Gasteiger partial charge in [0.25, 0.3) is 0 Å². The Morgan fingerprint density at radius 3 is 1.84 bits per heavy atom. The molecular formula is C21H28N2O2. The van der Waals surface area contributed by atoms with E-state index in [1.807, 2.05) is 36.4 Å². The number of nitrogens with one attached hydrogen (secondary N) is 1. The molecule has 4 heteroatoms. The lowest BCUT2D eigenvalue weighted by Crippen LogP contribution is -2.43. The summed E-state index contributed by atoms with van der Waals surface area (Å²) in [6.07, 6.45) is -0.137. The lowest BCUT2D eigenvalue weighted by atomic mass is 9.71. The molecule has 0 aliphatic heterocycles. The van der Waals surface area contributed by atoms with Gasteiger partial charge in [0.2, 0.25) is 0 Å². The minimum Gasteiger partial charge on any atom is -0.465 e. The van der Waals surface area contributed by atoms with Crippen LogP contribution in [0, 0.1) is 0 Å². The molecule has 25 heavy (non-hydrogen) atoms. The molecule has 2 aromatic carbocycles. The molecule has 0 bridgehead atoms. The zero-order valence-corrected chi connectivity index (χ0v) is 15.1. The van der Waals surface area contributed by atoms with E-state index in [0.29, 0.717) is 6.54 Å². The third-order valence-corrected chi connectivity index (χ3v) is 4.94. The van der Waals surface area contributed by atoms with E-state index in [0.717, 1.165) is 37.2 Å². The summed E-state index contributed by atoms with van der Waals surface area (Å²) in [5, 5.41) is 11.9. The number of carboxylic acid groups (broad SMARTS) is 1. The van der Waals surface area contributed by atoms with E-state index in [-0.39, 0.29) is 5.41 Å². The van der Waals surface area contributed by atoms with Gasteiger partial charge in [-0.1, -0.05) is 74.5 Å². The van der Waals surface area contributed by atoms with Gasteiger partial charge in [0, 0.05) is 12.0 Å². The SMILES string of the molecule is CCN(CC)CCC(CNC(=O)O)(c1ccccc1)c1ccccc1. The van der Waals surface area contributed by atoms with Gasteiger partial charge in [-0.15, -0.1) is 0 Å². The van der Waals surface area contributed by atoms with Crippen LogP contribution in [0.3, 0.4) is 0 Å². The van der Waals surface area contributed by atoms with Gasteiger partial charge in [0.15, 0.2) is 0 Å². The zero-order valence-electron chi connectivity index (χ0n) is 15.1. The van der Waals surface area contributed by atoms with Crippen LogP contribution in [0.15, 0.2) is 60.7 Å². The van der Waals surface area contributed by atoms with Crippen molar-refractivity contribution in [1.82, 2.24) is 10.2 Å². The quantitative estimate of drug-likeness (QED) is 0.726. The first-order valence-electron chi connectivity index (χ1n) is 8.92. The number of hydrogen-bond acceptors (Lipinski definition) is 2. The predicted octanol–water partition coefficient (Wildman–Crippen LogP) is 3.97. The summed E-state index contributed by atoms with van der Waals surface area (Å²) in [6.45, 7) is 7.57. The number of amides is 1. The van der Waals surface area contributed by atoms with Gasteiger partial charge < -0.3 is 15.3 Å². The van der Waals surface area contributed by atoms with E-state index in [2.05, 4.69) is 48.3 Å². The summed E-state index contributed by atoms with van der Waals surface area (Å²) in [5.74, 6) is 0. The average Bonchev–Trinajstić information content (AvgIpc) is 2.66. The molecule has 134 valence electrons. The van der Waals surface area contributed by atoms with E-state index < -0.39 is 6.09 Å². The number of nitrogens with zero attached hydrogens (tertiary/aromatic N) is 1. The third kappa shape index (κ3) is 4.83. The fourth-order valence-electron chi connectivity index (χ4n) is 3.38. The van der Waals surface area contributed by atoms with Gasteiger partial charge in [-0.05, 0) is 37.2 Å². The molecule has 0 saturated heterocycles. The van der Waals surface area contributed by atoms with Crippen LogP contribution >= 0.6 is 0 Å². The van der Waals surface area contributed by atoms with E-state index in [4.69, 9.17) is 0 Å². The Morgan fingerprint density at radius 1 is 0.960 bits per heavy atom. The maximum atomic E-state index is 11.2. The van der Waals surface area contributed by atoms with Crippen LogP contribution in [0.4, 0.5) is 4.79 Å². The van der Waals surface area contributed by atoms with Crippen molar-refractivity contribution >= 4 is 6.09 Å². The van der Waals surface area contributed by atoms with Crippen molar-refractivity contribution in [3.8, 4) is 0 Å². The van der Waals surface area contributed by atoms with Crippen LogP contribution in [-0.2, 0) is 5.41 Å². The van der Waals surface area contributed by atoms with Gasteiger partial charge in [-0.2, -0.15) is 0 Å². The minimum atomic E-state index is -0.987. The van der Waals surface area contributed by atoms with E-state index in [1.165, 1.54) is 0 Å². The molecule has 0 fully saturated rings. The minimum absolute atomic E-state index is 0.359. The number of rotatable bonds is 9. The molecule has 0 aromatic heterocycles. The van der Waals surface area contributed by atoms with Crippen molar-refractivity contribution in [2.75, 3.05) is 26.2 Å².